The lowest BCUT2D eigenvalue weighted by Gasteiger charge is -2.08. The lowest BCUT2D eigenvalue weighted by atomic mass is 10.1. The molecular weight excluding hydrogens is 312 g/mol. The number of benzene rings is 2. The first-order valence-corrected chi connectivity index (χ1v) is 7.01. The average molecular weight is 326 g/mol. The molecule has 1 amide bonds. The summed E-state index contributed by atoms with van der Waals surface area (Å²) in [5.74, 6) is -2.21. The maximum Gasteiger partial charge on any atom is 0.257 e. The van der Waals surface area contributed by atoms with E-state index in [1.807, 2.05) is 18.2 Å². The second-order valence-corrected chi connectivity index (χ2v) is 5.03. The lowest BCUT2D eigenvalue weighted by Crippen LogP contribution is -2.30. The van der Waals surface area contributed by atoms with Crippen LogP contribution in [0.3, 0.4) is 0 Å². The summed E-state index contributed by atoms with van der Waals surface area (Å²) in [5, 5.41) is 3.32. The predicted molar refractivity (Wildman–Crippen MR) is 80.0 cm³/mol. The molecule has 0 radical (unpaired) electrons. The highest BCUT2D eigenvalue weighted by molar-refractivity contribution is 6.30. The van der Waals surface area contributed by atoms with E-state index in [0.29, 0.717) is 18.0 Å². The van der Waals surface area contributed by atoms with Crippen LogP contribution in [0.2, 0.25) is 5.02 Å². The van der Waals surface area contributed by atoms with E-state index in [2.05, 4.69) is 5.32 Å². The van der Waals surface area contributed by atoms with E-state index >= 15 is 0 Å². The van der Waals surface area contributed by atoms with E-state index in [-0.39, 0.29) is 18.3 Å². The zero-order valence-electron chi connectivity index (χ0n) is 11.6. The van der Waals surface area contributed by atoms with E-state index in [9.17, 15) is 13.6 Å². The molecule has 0 aromatic heterocycles. The quantitative estimate of drug-likeness (QED) is 0.884. The summed E-state index contributed by atoms with van der Waals surface area (Å²) < 4.78 is 30.8. The zero-order chi connectivity index (χ0) is 15.9. The molecular formula is C16H14ClF2NO2. The third-order valence-electron chi connectivity index (χ3n) is 2.89. The van der Waals surface area contributed by atoms with Crippen molar-refractivity contribution in [2.45, 2.75) is 6.42 Å². The van der Waals surface area contributed by atoms with Crippen molar-refractivity contribution in [2.75, 3.05) is 13.2 Å². The maximum absolute atomic E-state index is 13.0. The molecule has 2 rings (SSSR count). The van der Waals surface area contributed by atoms with Crippen LogP contribution in [0.15, 0.2) is 42.5 Å². The van der Waals surface area contributed by atoms with Gasteiger partial charge in [-0.3, -0.25) is 4.79 Å². The molecule has 1 N–H and O–H groups in total. The number of carbonyl (C=O) groups is 1. The van der Waals surface area contributed by atoms with E-state index < -0.39 is 11.6 Å². The van der Waals surface area contributed by atoms with Crippen LogP contribution in [0.1, 0.15) is 5.56 Å². The minimum absolute atomic E-state index is 0.101. The van der Waals surface area contributed by atoms with Crippen LogP contribution in [0, 0.1) is 11.6 Å². The number of hydrogen-bond donors (Lipinski definition) is 1. The van der Waals surface area contributed by atoms with Crippen molar-refractivity contribution in [2.24, 2.45) is 0 Å². The van der Waals surface area contributed by atoms with Crippen LogP contribution < -0.4 is 10.1 Å². The summed E-state index contributed by atoms with van der Waals surface area (Å²) in [6.45, 7) is 0.168. The number of ether oxygens (including phenoxy) is 1. The fraction of sp³-hybridized carbons (Fsp3) is 0.188. The Hall–Kier alpha value is -2.14. The Bertz CT molecular complexity index is 664. The molecule has 0 aliphatic rings. The Morgan fingerprint density at radius 3 is 2.68 bits per heavy atom. The van der Waals surface area contributed by atoms with Gasteiger partial charge in [0.1, 0.15) is 5.75 Å². The van der Waals surface area contributed by atoms with Crippen LogP contribution in [0.25, 0.3) is 0 Å². The summed E-state index contributed by atoms with van der Waals surface area (Å²) in [7, 11) is 0. The normalized spacial score (nSPS) is 10.3. The Morgan fingerprint density at radius 1 is 1.14 bits per heavy atom. The van der Waals surface area contributed by atoms with Gasteiger partial charge >= 0.3 is 0 Å². The van der Waals surface area contributed by atoms with Gasteiger partial charge < -0.3 is 10.1 Å². The highest BCUT2D eigenvalue weighted by Gasteiger charge is 2.06. The number of halogens is 3. The fourth-order valence-corrected chi connectivity index (χ4v) is 2.02. The van der Waals surface area contributed by atoms with Gasteiger partial charge in [0, 0.05) is 17.6 Å². The molecule has 2 aromatic carbocycles. The molecule has 0 aliphatic carbocycles. The third-order valence-corrected chi connectivity index (χ3v) is 3.12. The van der Waals surface area contributed by atoms with E-state index in [1.54, 1.807) is 6.07 Å². The number of carbonyl (C=O) groups excluding carboxylic acids is 1. The Kier molecular flexibility index (Phi) is 5.72. The lowest BCUT2D eigenvalue weighted by molar-refractivity contribution is -0.123. The summed E-state index contributed by atoms with van der Waals surface area (Å²) in [5.41, 5.74) is 1.01. The van der Waals surface area contributed by atoms with Crippen LogP contribution in [0.4, 0.5) is 8.78 Å². The number of rotatable bonds is 6. The van der Waals surface area contributed by atoms with Crippen LogP contribution in [-0.4, -0.2) is 19.1 Å². The molecule has 0 atom stereocenters. The molecule has 0 spiro atoms. The number of amides is 1. The summed E-state index contributed by atoms with van der Waals surface area (Å²) in [6.07, 6.45) is 0.636. The number of nitrogens with one attached hydrogen (secondary N) is 1. The van der Waals surface area contributed by atoms with Gasteiger partial charge in [0.25, 0.3) is 5.91 Å². The Balaban J connectivity index is 1.72. The average Bonchev–Trinajstić information content (AvgIpc) is 2.48. The molecule has 2 aromatic rings. The van der Waals surface area contributed by atoms with Crippen molar-refractivity contribution in [1.82, 2.24) is 5.32 Å². The Labute approximate surface area is 131 Å². The molecule has 0 heterocycles. The first-order valence-electron chi connectivity index (χ1n) is 6.63. The standard InChI is InChI=1S/C16H14ClF2NO2/c17-12-3-1-2-11(8-12)6-7-20-16(21)10-22-13-4-5-14(18)15(19)9-13/h1-5,8-9H,6-7,10H2,(H,20,21). The minimum atomic E-state index is -1.01. The first-order chi connectivity index (χ1) is 10.5. The van der Waals surface area contributed by atoms with Crippen molar-refractivity contribution in [1.29, 1.82) is 0 Å². The van der Waals surface area contributed by atoms with Gasteiger partial charge in [0.2, 0.25) is 0 Å². The number of hydrogen-bond acceptors (Lipinski definition) is 2. The van der Waals surface area contributed by atoms with Gasteiger partial charge in [-0.1, -0.05) is 23.7 Å². The van der Waals surface area contributed by atoms with Crippen LogP contribution in [0.5, 0.6) is 5.75 Å². The van der Waals surface area contributed by atoms with E-state index in [4.69, 9.17) is 16.3 Å². The van der Waals surface area contributed by atoms with Gasteiger partial charge in [-0.2, -0.15) is 0 Å². The topological polar surface area (TPSA) is 38.3 Å². The molecule has 0 bridgehead atoms. The first kappa shape index (κ1) is 16.2. The van der Waals surface area contributed by atoms with Crippen molar-refractivity contribution < 1.29 is 18.3 Å². The second kappa shape index (κ2) is 7.75. The van der Waals surface area contributed by atoms with Crippen LogP contribution >= 0.6 is 11.6 Å². The molecule has 0 aliphatic heterocycles. The molecule has 0 saturated carbocycles. The zero-order valence-corrected chi connectivity index (χ0v) is 12.4. The highest BCUT2D eigenvalue weighted by atomic mass is 35.5. The van der Waals surface area contributed by atoms with E-state index in [0.717, 1.165) is 17.7 Å². The van der Waals surface area contributed by atoms with Gasteiger partial charge in [-0.15, -0.1) is 0 Å². The van der Waals surface area contributed by atoms with Crippen molar-refractivity contribution >= 4 is 17.5 Å². The predicted octanol–water partition coefficient (Wildman–Crippen LogP) is 3.36. The molecule has 116 valence electrons. The molecule has 6 heteroatoms. The smallest absolute Gasteiger partial charge is 0.257 e. The molecule has 0 fully saturated rings. The fourth-order valence-electron chi connectivity index (χ4n) is 1.81. The Morgan fingerprint density at radius 2 is 1.95 bits per heavy atom. The van der Waals surface area contributed by atoms with Gasteiger partial charge in [-0.05, 0) is 36.2 Å². The summed E-state index contributed by atoms with van der Waals surface area (Å²) in [4.78, 5) is 11.6. The maximum atomic E-state index is 13.0. The molecule has 22 heavy (non-hydrogen) atoms. The monoisotopic (exact) mass is 325 g/mol. The molecule has 3 nitrogen and oxygen atoms in total. The van der Waals surface area contributed by atoms with Crippen LogP contribution in [-0.2, 0) is 11.2 Å². The molecule has 0 saturated heterocycles. The molecule has 0 unspecified atom stereocenters. The van der Waals surface area contributed by atoms with Crippen molar-refractivity contribution in [3.63, 3.8) is 0 Å². The van der Waals surface area contributed by atoms with Crippen molar-refractivity contribution in [3.05, 3.63) is 64.7 Å². The largest absolute Gasteiger partial charge is 0.484 e. The van der Waals surface area contributed by atoms with Gasteiger partial charge in [-0.25, -0.2) is 8.78 Å². The van der Waals surface area contributed by atoms with Gasteiger partial charge in [0.15, 0.2) is 18.2 Å². The SMILES string of the molecule is O=C(COc1ccc(F)c(F)c1)NCCc1cccc(Cl)c1. The third kappa shape index (κ3) is 5.00. The summed E-state index contributed by atoms with van der Waals surface area (Å²) in [6, 6.07) is 10.5. The van der Waals surface area contributed by atoms with E-state index in [1.165, 1.54) is 6.07 Å². The van der Waals surface area contributed by atoms with Crippen molar-refractivity contribution in [3.8, 4) is 5.75 Å². The second-order valence-electron chi connectivity index (χ2n) is 4.59. The summed E-state index contributed by atoms with van der Waals surface area (Å²) >= 11 is 5.86. The highest BCUT2D eigenvalue weighted by Crippen LogP contribution is 2.15. The van der Waals surface area contributed by atoms with Gasteiger partial charge in [0.05, 0.1) is 0 Å². The minimum Gasteiger partial charge on any atom is -0.484 e.